The molecule has 0 saturated carbocycles. The molecule has 0 saturated heterocycles. The molecule has 2 atom stereocenters. The monoisotopic (exact) mass is 288 g/mol. The fraction of sp³-hybridized carbons (Fsp3) is 0.714. The Bertz CT molecular complexity index is 362. The van der Waals surface area contributed by atoms with E-state index < -0.39 is 7.82 Å². The normalized spacial score (nSPS) is 19.6. The highest BCUT2D eigenvalue weighted by atomic mass is 31.2. The average Bonchev–Trinajstić information content (AvgIpc) is 2.39. The lowest BCUT2D eigenvalue weighted by Crippen LogP contribution is -2.08. The second-order valence-corrected chi connectivity index (χ2v) is 6.24. The molecule has 2 unspecified atom stereocenters. The molecule has 0 radical (unpaired) electrons. The summed E-state index contributed by atoms with van der Waals surface area (Å²) in [5, 5.41) is 0. The third kappa shape index (κ3) is 6.95. The largest absolute Gasteiger partial charge is 0.527 e. The zero-order valence-electron chi connectivity index (χ0n) is 11.9. The van der Waals surface area contributed by atoms with Gasteiger partial charge < -0.3 is 4.52 Å². The highest BCUT2D eigenvalue weighted by molar-refractivity contribution is 7.47. The van der Waals surface area contributed by atoms with Crippen LogP contribution in [0.15, 0.2) is 24.0 Å². The van der Waals surface area contributed by atoms with Crippen LogP contribution in [0.1, 0.15) is 52.4 Å². The summed E-state index contributed by atoms with van der Waals surface area (Å²) < 4.78 is 22.0. The molecule has 0 amide bonds. The van der Waals surface area contributed by atoms with E-state index in [2.05, 4.69) is 13.8 Å². The molecule has 1 rings (SSSR count). The Morgan fingerprint density at radius 2 is 2.21 bits per heavy atom. The quantitative estimate of drug-likeness (QED) is 0.631. The summed E-state index contributed by atoms with van der Waals surface area (Å²) in [7, 11) is -3.98. The van der Waals surface area contributed by atoms with Crippen molar-refractivity contribution in [1.82, 2.24) is 0 Å². The lowest BCUT2D eigenvalue weighted by Gasteiger charge is -2.18. The number of unbranched alkanes of at least 4 members (excludes halogenated alkanes) is 1. The number of hydrogen-bond acceptors (Lipinski definition) is 3. The SMILES string of the molecule is CCCCC(CC)COP(=O)(O)OC1=CCCC=C1. The Morgan fingerprint density at radius 3 is 2.79 bits per heavy atom. The van der Waals surface area contributed by atoms with E-state index in [1.54, 1.807) is 12.2 Å². The van der Waals surface area contributed by atoms with Crippen molar-refractivity contribution in [2.45, 2.75) is 52.4 Å². The summed E-state index contributed by atoms with van der Waals surface area (Å²) in [4.78, 5) is 9.67. The standard InChI is InChI=1S/C14H25O4P/c1-3-5-9-13(4-2)12-17-19(15,16)18-14-10-7-6-8-11-14/h7,10-11,13H,3-6,8-9,12H2,1-2H3,(H,15,16). The molecule has 5 heteroatoms. The number of allylic oxidation sites excluding steroid dienone is 3. The Hall–Kier alpha value is -0.570. The van der Waals surface area contributed by atoms with Gasteiger partial charge in [0.15, 0.2) is 0 Å². The minimum absolute atomic E-state index is 0.279. The molecule has 0 aromatic rings. The van der Waals surface area contributed by atoms with Gasteiger partial charge in [-0.2, -0.15) is 0 Å². The van der Waals surface area contributed by atoms with Gasteiger partial charge >= 0.3 is 7.82 Å². The third-order valence-electron chi connectivity index (χ3n) is 3.20. The number of hydrogen-bond donors (Lipinski definition) is 1. The Labute approximate surface area is 116 Å². The summed E-state index contributed by atoms with van der Waals surface area (Å²) in [5.41, 5.74) is 0. The molecule has 0 spiro atoms. The molecule has 0 aliphatic heterocycles. The molecule has 0 fully saturated rings. The third-order valence-corrected chi connectivity index (χ3v) is 4.12. The lowest BCUT2D eigenvalue weighted by molar-refractivity contribution is 0.150. The summed E-state index contributed by atoms with van der Waals surface area (Å²) in [5.74, 6) is 0.749. The van der Waals surface area contributed by atoms with Gasteiger partial charge in [-0.15, -0.1) is 0 Å². The zero-order chi connectivity index (χ0) is 14.1. The predicted octanol–water partition coefficient (Wildman–Crippen LogP) is 4.57. The first kappa shape index (κ1) is 16.5. The molecular formula is C14H25O4P. The zero-order valence-corrected chi connectivity index (χ0v) is 12.8. The van der Waals surface area contributed by atoms with Crippen LogP contribution in [0.5, 0.6) is 0 Å². The van der Waals surface area contributed by atoms with Crippen LogP contribution in [0, 0.1) is 5.92 Å². The van der Waals surface area contributed by atoms with Gasteiger partial charge in [0.1, 0.15) is 5.76 Å². The van der Waals surface area contributed by atoms with Crippen molar-refractivity contribution in [3.8, 4) is 0 Å². The van der Waals surface area contributed by atoms with Gasteiger partial charge in [0, 0.05) is 0 Å². The fourth-order valence-electron chi connectivity index (χ4n) is 1.91. The topological polar surface area (TPSA) is 55.8 Å². The van der Waals surface area contributed by atoms with E-state index in [4.69, 9.17) is 9.05 Å². The fourth-order valence-corrected chi connectivity index (χ4v) is 2.77. The molecule has 0 aromatic carbocycles. The molecule has 4 nitrogen and oxygen atoms in total. The smallest absolute Gasteiger partial charge is 0.404 e. The molecule has 1 aliphatic rings. The number of phosphoric acid groups is 1. The van der Waals surface area contributed by atoms with Crippen molar-refractivity contribution in [3.63, 3.8) is 0 Å². The summed E-state index contributed by atoms with van der Waals surface area (Å²) >= 11 is 0. The maximum Gasteiger partial charge on any atom is 0.527 e. The van der Waals surface area contributed by atoms with Gasteiger partial charge in [0.2, 0.25) is 0 Å². The predicted molar refractivity (Wildman–Crippen MR) is 76.6 cm³/mol. The first-order valence-corrected chi connectivity index (χ1v) is 8.60. The van der Waals surface area contributed by atoms with Gasteiger partial charge in [0.05, 0.1) is 6.61 Å². The second kappa shape index (κ2) is 8.57. The lowest BCUT2D eigenvalue weighted by atomic mass is 10.0. The summed E-state index contributed by atoms with van der Waals surface area (Å²) in [6.45, 7) is 4.48. The maximum absolute atomic E-state index is 11.8. The van der Waals surface area contributed by atoms with Crippen molar-refractivity contribution in [3.05, 3.63) is 24.0 Å². The summed E-state index contributed by atoms with van der Waals surface area (Å²) in [6.07, 6.45) is 11.4. The van der Waals surface area contributed by atoms with Crippen molar-refractivity contribution < 1.29 is 18.5 Å². The van der Waals surface area contributed by atoms with Crippen molar-refractivity contribution in [2.24, 2.45) is 5.92 Å². The minimum atomic E-state index is -3.98. The van der Waals surface area contributed by atoms with E-state index in [0.29, 0.717) is 11.7 Å². The van der Waals surface area contributed by atoms with Crippen molar-refractivity contribution in [2.75, 3.05) is 6.61 Å². The molecule has 19 heavy (non-hydrogen) atoms. The summed E-state index contributed by atoms with van der Waals surface area (Å²) in [6, 6.07) is 0. The molecule has 1 aliphatic carbocycles. The molecule has 0 bridgehead atoms. The second-order valence-electron chi connectivity index (χ2n) is 4.86. The van der Waals surface area contributed by atoms with Crippen molar-refractivity contribution >= 4 is 7.82 Å². The van der Waals surface area contributed by atoms with E-state index in [0.717, 1.165) is 38.5 Å². The van der Waals surface area contributed by atoms with Crippen LogP contribution in [0.25, 0.3) is 0 Å². The van der Waals surface area contributed by atoms with Crippen LogP contribution in [0.3, 0.4) is 0 Å². The van der Waals surface area contributed by atoms with E-state index in [1.807, 2.05) is 6.08 Å². The van der Waals surface area contributed by atoms with Crippen LogP contribution in [0.2, 0.25) is 0 Å². The Morgan fingerprint density at radius 1 is 1.42 bits per heavy atom. The number of rotatable bonds is 9. The van der Waals surface area contributed by atoms with Gasteiger partial charge in [0.25, 0.3) is 0 Å². The molecule has 0 aromatic heterocycles. The van der Waals surface area contributed by atoms with Crippen LogP contribution in [-0.2, 0) is 13.6 Å². The van der Waals surface area contributed by atoms with Gasteiger partial charge in [-0.25, -0.2) is 4.57 Å². The molecule has 0 heterocycles. The average molecular weight is 288 g/mol. The first-order valence-electron chi connectivity index (χ1n) is 7.11. The Balaban J connectivity index is 2.38. The van der Waals surface area contributed by atoms with E-state index in [9.17, 15) is 9.46 Å². The van der Waals surface area contributed by atoms with E-state index in [-0.39, 0.29) is 6.61 Å². The van der Waals surface area contributed by atoms with Crippen LogP contribution < -0.4 is 0 Å². The highest BCUT2D eigenvalue weighted by Gasteiger charge is 2.25. The minimum Gasteiger partial charge on any atom is -0.404 e. The van der Waals surface area contributed by atoms with Gasteiger partial charge in [-0.3, -0.25) is 9.42 Å². The van der Waals surface area contributed by atoms with Crippen LogP contribution in [0.4, 0.5) is 0 Å². The van der Waals surface area contributed by atoms with Crippen LogP contribution in [-0.4, -0.2) is 11.5 Å². The van der Waals surface area contributed by atoms with Gasteiger partial charge in [-0.1, -0.05) is 39.2 Å². The first-order chi connectivity index (χ1) is 9.07. The van der Waals surface area contributed by atoms with E-state index >= 15 is 0 Å². The Kier molecular flexibility index (Phi) is 7.44. The van der Waals surface area contributed by atoms with Gasteiger partial charge in [-0.05, 0) is 37.3 Å². The highest BCUT2D eigenvalue weighted by Crippen LogP contribution is 2.46. The molecule has 110 valence electrons. The number of phosphoric ester groups is 1. The molecular weight excluding hydrogens is 263 g/mol. The van der Waals surface area contributed by atoms with Crippen LogP contribution >= 0.6 is 7.82 Å². The van der Waals surface area contributed by atoms with Crippen molar-refractivity contribution in [1.29, 1.82) is 0 Å². The van der Waals surface area contributed by atoms with E-state index in [1.165, 1.54) is 0 Å². The maximum atomic E-state index is 11.8. The molecule has 1 N–H and O–H groups in total.